The Hall–Kier alpha value is -3.16. The number of carbonyl (C=O) groups is 2. The number of hydrogen-bond acceptors (Lipinski definition) is 5. The van der Waals surface area contributed by atoms with Crippen LogP contribution in [0.1, 0.15) is 31.1 Å². The van der Waals surface area contributed by atoms with Gasteiger partial charge in [0.15, 0.2) is 6.10 Å². The second-order valence-electron chi connectivity index (χ2n) is 6.64. The van der Waals surface area contributed by atoms with Crippen molar-refractivity contribution < 1.29 is 32.6 Å². The zero-order valence-corrected chi connectivity index (χ0v) is 16.4. The van der Waals surface area contributed by atoms with Gasteiger partial charge in [-0.15, -0.1) is 0 Å². The number of anilines is 1. The van der Waals surface area contributed by atoms with Crippen LogP contribution >= 0.6 is 0 Å². The Morgan fingerprint density at radius 3 is 2.28 bits per heavy atom. The van der Waals surface area contributed by atoms with E-state index < -0.39 is 24.6 Å². The van der Waals surface area contributed by atoms with Crippen molar-refractivity contribution in [3.05, 3.63) is 54.1 Å². The van der Waals surface area contributed by atoms with Gasteiger partial charge in [-0.05, 0) is 49.2 Å². The average Bonchev–Trinajstić information content (AvgIpc) is 2.67. The summed E-state index contributed by atoms with van der Waals surface area (Å²) in [5, 5.41) is 2.41. The van der Waals surface area contributed by atoms with E-state index in [9.17, 15) is 18.4 Å². The van der Waals surface area contributed by atoms with Crippen LogP contribution in [0.25, 0.3) is 0 Å². The lowest BCUT2D eigenvalue weighted by Gasteiger charge is -2.16. The van der Waals surface area contributed by atoms with Crippen molar-refractivity contribution in [3.8, 4) is 11.5 Å². The number of carbonyl (C=O) groups excluding carboxylic acids is 2. The largest absolute Gasteiger partial charge is 0.493 e. The molecule has 0 aromatic heterocycles. The first-order valence-corrected chi connectivity index (χ1v) is 9.04. The first-order chi connectivity index (χ1) is 13.8. The van der Waals surface area contributed by atoms with E-state index in [-0.39, 0.29) is 17.0 Å². The summed E-state index contributed by atoms with van der Waals surface area (Å²) in [5.74, 6) is -0.570. The van der Waals surface area contributed by atoms with Gasteiger partial charge in [0.05, 0.1) is 17.9 Å². The molecule has 2 aromatic carbocycles. The van der Waals surface area contributed by atoms with Crippen molar-refractivity contribution in [2.24, 2.45) is 5.92 Å². The third-order valence-electron chi connectivity index (χ3n) is 3.69. The van der Waals surface area contributed by atoms with Crippen molar-refractivity contribution in [3.63, 3.8) is 0 Å². The van der Waals surface area contributed by atoms with Gasteiger partial charge in [0.2, 0.25) is 0 Å². The molecule has 0 bridgehead atoms. The van der Waals surface area contributed by atoms with Gasteiger partial charge >= 0.3 is 12.6 Å². The smallest absolute Gasteiger partial charge is 0.387 e. The number of halogens is 2. The van der Waals surface area contributed by atoms with Crippen molar-refractivity contribution in [1.82, 2.24) is 0 Å². The molecule has 1 atom stereocenters. The minimum absolute atomic E-state index is 0.0485. The number of nitrogens with one attached hydrogen (secondary N) is 1. The average molecular weight is 407 g/mol. The lowest BCUT2D eigenvalue weighted by molar-refractivity contribution is -0.123. The lowest BCUT2D eigenvalue weighted by atomic mass is 10.2. The maximum Gasteiger partial charge on any atom is 0.387 e. The lowest BCUT2D eigenvalue weighted by Crippen LogP contribution is -2.30. The van der Waals surface area contributed by atoms with Crippen LogP contribution in [-0.2, 0) is 9.53 Å². The zero-order valence-electron chi connectivity index (χ0n) is 16.4. The Morgan fingerprint density at radius 1 is 1.00 bits per heavy atom. The molecule has 0 heterocycles. The Balaban J connectivity index is 1.95. The predicted molar refractivity (Wildman–Crippen MR) is 103 cm³/mol. The van der Waals surface area contributed by atoms with Crippen molar-refractivity contribution in [2.45, 2.75) is 33.5 Å². The van der Waals surface area contributed by atoms with Crippen LogP contribution < -0.4 is 14.8 Å². The first kappa shape index (κ1) is 22.1. The third-order valence-corrected chi connectivity index (χ3v) is 3.69. The van der Waals surface area contributed by atoms with Crippen LogP contribution in [0.5, 0.6) is 11.5 Å². The molecule has 0 radical (unpaired) electrons. The number of hydrogen-bond donors (Lipinski definition) is 1. The molecule has 0 saturated carbocycles. The molecule has 0 fully saturated rings. The summed E-state index contributed by atoms with van der Waals surface area (Å²) in [5.41, 5.74) is 0.301. The van der Waals surface area contributed by atoms with Crippen LogP contribution in [0.4, 0.5) is 14.5 Å². The van der Waals surface area contributed by atoms with E-state index in [4.69, 9.17) is 9.47 Å². The van der Waals surface area contributed by atoms with Gasteiger partial charge in [0, 0.05) is 0 Å². The van der Waals surface area contributed by atoms with Crippen LogP contribution in [0, 0.1) is 5.92 Å². The highest BCUT2D eigenvalue weighted by Gasteiger charge is 2.21. The molecule has 0 aliphatic heterocycles. The minimum Gasteiger partial charge on any atom is -0.493 e. The monoisotopic (exact) mass is 407 g/mol. The quantitative estimate of drug-likeness (QED) is 0.620. The fourth-order valence-electron chi connectivity index (χ4n) is 2.24. The number of alkyl halides is 2. The summed E-state index contributed by atoms with van der Waals surface area (Å²) >= 11 is 0. The number of amides is 1. The molecule has 29 heavy (non-hydrogen) atoms. The standard InChI is InChI=1S/C21H23F2NO5/c1-13(2)12-27-16-10-8-15(9-11-16)20(26)28-14(3)19(25)24-17-6-4-5-7-18(17)29-21(22)23/h4-11,13-14,21H,12H2,1-3H3,(H,24,25)/t14-/m1/s1. The molecular weight excluding hydrogens is 384 g/mol. The van der Waals surface area contributed by atoms with Gasteiger partial charge < -0.3 is 19.5 Å². The first-order valence-electron chi connectivity index (χ1n) is 9.04. The van der Waals surface area contributed by atoms with E-state index >= 15 is 0 Å². The van der Waals surface area contributed by atoms with Crippen LogP contribution in [0.3, 0.4) is 0 Å². The summed E-state index contributed by atoms with van der Waals surface area (Å²) in [6.07, 6.45) is -1.15. The maximum atomic E-state index is 12.5. The van der Waals surface area contributed by atoms with E-state index in [0.29, 0.717) is 18.3 Å². The van der Waals surface area contributed by atoms with Crippen molar-refractivity contribution in [2.75, 3.05) is 11.9 Å². The topological polar surface area (TPSA) is 73.9 Å². The summed E-state index contributed by atoms with van der Waals surface area (Å²) < 4.78 is 40.0. The number of para-hydroxylation sites is 2. The van der Waals surface area contributed by atoms with Gasteiger partial charge in [0.25, 0.3) is 5.91 Å². The second kappa shape index (κ2) is 10.4. The molecular formula is C21H23F2NO5. The van der Waals surface area contributed by atoms with Crippen molar-refractivity contribution >= 4 is 17.6 Å². The van der Waals surface area contributed by atoms with Gasteiger partial charge in [-0.3, -0.25) is 4.79 Å². The number of rotatable bonds is 9. The molecule has 0 unspecified atom stereocenters. The fraction of sp³-hybridized carbons (Fsp3) is 0.333. The normalized spacial score (nSPS) is 11.8. The fourth-order valence-corrected chi connectivity index (χ4v) is 2.24. The molecule has 0 aliphatic rings. The zero-order chi connectivity index (χ0) is 21.4. The second-order valence-corrected chi connectivity index (χ2v) is 6.64. The molecule has 0 spiro atoms. The highest BCUT2D eigenvalue weighted by Crippen LogP contribution is 2.25. The molecule has 0 aliphatic carbocycles. The van der Waals surface area contributed by atoms with Crippen LogP contribution in [0.15, 0.2) is 48.5 Å². The Labute approximate surface area is 167 Å². The van der Waals surface area contributed by atoms with Gasteiger partial charge in [0.1, 0.15) is 11.5 Å². The summed E-state index contributed by atoms with van der Waals surface area (Å²) in [6.45, 7) is 2.95. The predicted octanol–water partition coefficient (Wildman–Crippen LogP) is 4.51. The Kier molecular flexibility index (Phi) is 7.94. The van der Waals surface area contributed by atoms with E-state index in [0.717, 1.165) is 0 Å². The number of ether oxygens (including phenoxy) is 3. The maximum absolute atomic E-state index is 12.5. The molecule has 156 valence electrons. The Morgan fingerprint density at radius 2 is 1.66 bits per heavy atom. The minimum atomic E-state index is -3.03. The highest BCUT2D eigenvalue weighted by molar-refractivity contribution is 5.98. The van der Waals surface area contributed by atoms with E-state index in [1.165, 1.54) is 37.3 Å². The molecule has 8 heteroatoms. The molecule has 2 aromatic rings. The van der Waals surface area contributed by atoms with E-state index in [1.807, 2.05) is 13.8 Å². The van der Waals surface area contributed by atoms with Gasteiger partial charge in [-0.25, -0.2) is 4.79 Å². The molecule has 0 saturated heterocycles. The number of benzene rings is 2. The van der Waals surface area contributed by atoms with E-state index in [2.05, 4.69) is 10.1 Å². The van der Waals surface area contributed by atoms with Crippen LogP contribution in [-0.4, -0.2) is 31.2 Å². The van der Waals surface area contributed by atoms with Gasteiger partial charge in [-0.1, -0.05) is 26.0 Å². The summed E-state index contributed by atoms with van der Waals surface area (Å²) in [4.78, 5) is 24.5. The molecule has 6 nitrogen and oxygen atoms in total. The van der Waals surface area contributed by atoms with E-state index in [1.54, 1.807) is 18.2 Å². The summed E-state index contributed by atoms with van der Waals surface area (Å²) in [7, 11) is 0. The van der Waals surface area contributed by atoms with Crippen LogP contribution in [0.2, 0.25) is 0 Å². The molecule has 2 rings (SSSR count). The number of esters is 1. The third kappa shape index (κ3) is 7.06. The Bertz CT molecular complexity index is 824. The van der Waals surface area contributed by atoms with Gasteiger partial charge in [-0.2, -0.15) is 8.78 Å². The van der Waals surface area contributed by atoms with Crippen molar-refractivity contribution in [1.29, 1.82) is 0 Å². The summed E-state index contributed by atoms with van der Waals surface area (Å²) in [6, 6.07) is 12.1. The highest BCUT2D eigenvalue weighted by atomic mass is 19.3. The molecule has 1 N–H and O–H groups in total. The molecule has 1 amide bonds. The SMILES string of the molecule is CC(C)COc1ccc(C(=O)O[C@H](C)C(=O)Nc2ccccc2OC(F)F)cc1.